The molecule has 0 fully saturated rings. The Hall–Kier alpha value is -1.71. The number of methoxy groups -OCH3 is 1. The van der Waals surface area contributed by atoms with Crippen LogP contribution in [0.25, 0.3) is 0 Å². The van der Waals surface area contributed by atoms with Crippen molar-refractivity contribution in [3.05, 3.63) is 59.7 Å². The van der Waals surface area contributed by atoms with Gasteiger partial charge in [0.1, 0.15) is 6.61 Å². The number of hydrogen-bond acceptors (Lipinski definition) is 3. The Labute approximate surface area is 170 Å². The van der Waals surface area contributed by atoms with Gasteiger partial charge in [0.25, 0.3) is 0 Å². The molecule has 1 N–H and O–H groups in total. The average molecular weight is 392 g/mol. The van der Waals surface area contributed by atoms with Crippen molar-refractivity contribution in [2.24, 2.45) is 0 Å². The van der Waals surface area contributed by atoms with Crippen molar-refractivity contribution in [3.8, 4) is 11.5 Å². The van der Waals surface area contributed by atoms with Gasteiger partial charge in [-0.05, 0) is 36.2 Å². The number of benzene rings is 2. The number of ether oxygens (including phenoxy) is 2. The fraction of sp³-hybridized carbons (Fsp3) is 0.478. The van der Waals surface area contributed by atoms with Gasteiger partial charge in [-0.3, -0.25) is 0 Å². The molecule has 0 heterocycles. The van der Waals surface area contributed by atoms with Gasteiger partial charge in [-0.1, -0.05) is 75.4 Å². The Morgan fingerprint density at radius 2 is 1.56 bits per heavy atom. The van der Waals surface area contributed by atoms with Crippen LogP contribution in [-0.4, -0.2) is 13.7 Å². The van der Waals surface area contributed by atoms with Crippen molar-refractivity contribution >= 4 is 12.4 Å². The molecule has 0 unspecified atom stereocenters. The number of nitrogens with one attached hydrogen (secondary N) is 1. The molecule has 0 aliphatic carbocycles. The minimum Gasteiger partial charge on any atom is -0.493 e. The number of rotatable bonds is 13. The topological polar surface area (TPSA) is 30.5 Å². The summed E-state index contributed by atoms with van der Waals surface area (Å²) in [6.45, 7) is 4.74. The third kappa shape index (κ3) is 9.16. The molecule has 0 aliphatic rings. The van der Waals surface area contributed by atoms with Crippen molar-refractivity contribution in [2.45, 2.75) is 58.6 Å². The third-order valence-corrected chi connectivity index (χ3v) is 4.50. The molecule has 4 heteroatoms. The quantitative estimate of drug-likeness (QED) is 0.415. The average Bonchev–Trinajstić information content (AvgIpc) is 2.69. The van der Waals surface area contributed by atoms with Crippen LogP contribution in [0.2, 0.25) is 0 Å². The van der Waals surface area contributed by atoms with E-state index in [1.165, 1.54) is 44.1 Å². The van der Waals surface area contributed by atoms with Gasteiger partial charge < -0.3 is 14.8 Å². The Morgan fingerprint density at radius 3 is 2.30 bits per heavy atom. The molecule has 0 aliphatic heterocycles. The number of halogens is 1. The standard InChI is InChI=1S/C23H33NO2.ClH/c1-3-4-5-6-7-11-16-24-18-21-14-15-22(23(17-21)25-2)26-19-20-12-9-8-10-13-20;/h8-10,12-15,17,24H,3-7,11,16,18-19H2,1-2H3;1H. The summed E-state index contributed by atoms with van der Waals surface area (Å²) in [5.74, 6) is 1.58. The first-order valence-corrected chi connectivity index (χ1v) is 9.88. The lowest BCUT2D eigenvalue weighted by atomic mass is 10.1. The van der Waals surface area contributed by atoms with Crippen molar-refractivity contribution in [1.29, 1.82) is 0 Å². The summed E-state index contributed by atoms with van der Waals surface area (Å²) < 4.78 is 11.4. The normalized spacial score (nSPS) is 10.3. The lowest BCUT2D eigenvalue weighted by molar-refractivity contribution is 0.284. The second-order valence-electron chi connectivity index (χ2n) is 6.70. The fourth-order valence-corrected chi connectivity index (χ4v) is 2.94. The van der Waals surface area contributed by atoms with Gasteiger partial charge in [-0.2, -0.15) is 0 Å². The van der Waals surface area contributed by atoms with Crippen LogP contribution in [0.4, 0.5) is 0 Å². The predicted octanol–water partition coefficient (Wildman–Crippen LogP) is 6.15. The Balaban J connectivity index is 0.00000364. The zero-order chi connectivity index (χ0) is 18.5. The van der Waals surface area contributed by atoms with Gasteiger partial charge in [0.15, 0.2) is 11.5 Å². The molecular formula is C23H34ClNO2. The molecule has 0 aromatic heterocycles. The summed E-state index contributed by atoms with van der Waals surface area (Å²) in [6.07, 6.45) is 7.98. The van der Waals surface area contributed by atoms with Gasteiger partial charge in [0.05, 0.1) is 7.11 Å². The highest BCUT2D eigenvalue weighted by molar-refractivity contribution is 5.85. The predicted molar refractivity (Wildman–Crippen MR) is 116 cm³/mol. The van der Waals surface area contributed by atoms with E-state index in [0.29, 0.717) is 6.61 Å². The molecule has 0 saturated heterocycles. The number of unbranched alkanes of at least 4 members (excludes halogenated alkanes) is 5. The van der Waals surface area contributed by atoms with E-state index in [0.717, 1.165) is 30.2 Å². The maximum Gasteiger partial charge on any atom is 0.161 e. The molecule has 3 nitrogen and oxygen atoms in total. The van der Waals surface area contributed by atoms with E-state index in [-0.39, 0.29) is 12.4 Å². The molecule has 0 radical (unpaired) electrons. The van der Waals surface area contributed by atoms with Gasteiger partial charge in [-0.15, -0.1) is 12.4 Å². The second-order valence-corrected chi connectivity index (χ2v) is 6.70. The van der Waals surface area contributed by atoms with E-state index in [4.69, 9.17) is 9.47 Å². The van der Waals surface area contributed by atoms with Gasteiger partial charge in [0.2, 0.25) is 0 Å². The minimum absolute atomic E-state index is 0. The largest absolute Gasteiger partial charge is 0.493 e. The van der Waals surface area contributed by atoms with Crippen LogP contribution >= 0.6 is 12.4 Å². The molecule has 2 aromatic rings. The Bertz CT molecular complexity index is 619. The van der Waals surface area contributed by atoms with E-state index in [9.17, 15) is 0 Å². The highest BCUT2D eigenvalue weighted by atomic mass is 35.5. The summed E-state index contributed by atoms with van der Waals surface area (Å²) in [4.78, 5) is 0. The molecule has 150 valence electrons. The first kappa shape index (κ1) is 23.3. The van der Waals surface area contributed by atoms with Crippen molar-refractivity contribution in [3.63, 3.8) is 0 Å². The summed E-state index contributed by atoms with van der Waals surface area (Å²) in [7, 11) is 1.69. The first-order valence-electron chi connectivity index (χ1n) is 9.88. The van der Waals surface area contributed by atoms with Crippen LogP contribution in [0.15, 0.2) is 48.5 Å². The summed E-state index contributed by atoms with van der Waals surface area (Å²) in [6, 6.07) is 16.4. The van der Waals surface area contributed by atoms with Crippen LogP contribution < -0.4 is 14.8 Å². The second kappa shape index (κ2) is 14.4. The van der Waals surface area contributed by atoms with Gasteiger partial charge in [0, 0.05) is 6.54 Å². The van der Waals surface area contributed by atoms with Crippen LogP contribution in [-0.2, 0) is 13.2 Å². The highest BCUT2D eigenvalue weighted by Gasteiger charge is 2.06. The maximum atomic E-state index is 5.91. The molecule has 0 saturated carbocycles. The van der Waals surface area contributed by atoms with Crippen LogP contribution in [0.1, 0.15) is 56.6 Å². The monoisotopic (exact) mass is 391 g/mol. The van der Waals surface area contributed by atoms with E-state index in [1.807, 2.05) is 24.3 Å². The summed E-state index contributed by atoms with van der Waals surface area (Å²) in [5, 5.41) is 3.52. The van der Waals surface area contributed by atoms with Crippen molar-refractivity contribution in [2.75, 3.05) is 13.7 Å². The molecule has 27 heavy (non-hydrogen) atoms. The van der Waals surface area contributed by atoms with Gasteiger partial charge in [-0.25, -0.2) is 0 Å². The SMILES string of the molecule is CCCCCCCCNCc1ccc(OCc2ccccc2)c(OC)c1.Cl. The maximum absolute atomic E-state index is 5.91. The molecule has 0 spiro atoms. The highest BCUT2D eigenvalue weighted by Crippen LogP contribution is 2.28. The molecule has 0 bridgehead atoms. The molecular weight excluding hydrogens is 358 g/mol. The van der Waals surface area contributed by atoms with Crippen LogP contribution in [0, 0.1) is 0 Å². The Kier molecular flexibility index (Phi) is 12.4. The van der Waals surface area contributed by atoms with Crippen LogP contribution in [0.3, 0.4) is 0 Å². The van der Waals surface area contributed by atoms with Crippen molar-refractivity contribution < 1.29 is 9.47 Å². The number of hydrogen-bond donors (Lipinski definition) is 1. The van der Waals surface area contributed by atoms with Gasteiger partial charge >= 0.3 is 0 Å². The molecule has 0 amide bonds. The van der Waals surface area contributed by atoms with E-state index < -0.39 is 0 Å². The van der Waals surface area contributed by atoms with E-state index in [2.05, 4.69) is 36.5 Å². The van der Waals surface area contributed by atoms with E-state index in [1.54, 1.807) is 7.11 Å². The summed E-state index contributed by atoms with van der Waals surface area (Å²) >= 11 is 0. The zero-order valence-electron chi connectivity index (χ0n) is 16.7. The molecule has 2 aromatic carbocycles. The fourth-order valence-electron chi connectivity index (χ4n) is 2.94. The Morgan fingerprint density at radius 1 is 0.815 bits per heavy atom. The van der Waals surface area contributed by atoms with E-state index >= 15 is 0 Å². The lowest BCUT2D eigenvalue weighted by Crippen LogP contribution is -2.14. The van der Waals surface area contributed by atoms with Crippen LogP contribution in [0.5, 0.6) is 11.5 Å². The minimum atomic E-state index is 0. The molecule has 0 atom stereocenters. The zero-order valence-corrected chi connectivity index (χ0v) is 17.5. The third-order valence-electron chi connectivity index (χ3n) is 4.50. The smallest absolute Gasteiger partial charge is 0.161 e. The first-order chi connectivity index (χ1) is 12.8. The lowest BCUT2D eigenvalue weighted by Gasteiger charge is -2.13. The molecule has 2 rings (SSSR count). The van der Waals surface area contributed by atoms with Crippen molar-refractivity contribution in [1.82, 2.24) is 5.32 Å². The summed E-state index contributed by atoms with van der Waals surface area (Å²) in [5.41, 5.74) is 2.37.